The molecule has 0 saturated carbocycles. The van der Waals surface area contributed by atoms with Crippen molar-refractivity contribution in [3.63, 3.8) is 0 Å². The number of amides is 4. The zero-order valence-corrected chi connectivity index (χ0v) is 24.6. The summed E-state index contributed by atoms with van der Waals surface area (Å²) in [4.78, 5) is 65.2. The minimum Gasteiger partial charge on any atom is -0.456 e. The highest BCUT2D eigenvalue weighted by Gasteiger charge is 2.58. The number of likely N-dealkylation sites (tertiary alicyclic amines) is 1. The van der Waals surface area contributed by atoms with Gasteiger partial charge in [-0.25, -0.2) is 4.79 Å². The quantitative estimate of drug-likeness (QED) is 0.226. The first-order valence-corrected chi connectivity index (χ1v) is 13.7. The van der Waals surface area contributed by atoms with Gasteiger partial charge in [-0.05, 0) is 65.0 Å². The van der Waals surface area contributed by atoms with E-state index in [0.717, 1.165) is 16.9 Å². The topological polar surface area (TPSA) is 180 Å². The molecule has 1 aromatic carbocycles. The van der Waals surface area contributed by atoms with Crippen LogP contribution in [-0.2, 0) is 35.1 Å². The number of esters is 1. The largest absolute Gasteiger partial charge is 0.456 e. The number of hydrogen-bond donors (Lipinski definition) is 5. The third kappa shape index (κ3) is 9.14. The van der Waals surface area contributed by atoms with Gasteiger partial charge in [0.1, 0.15) is 11.6 Å². The highest BCUT2D eigenvalue weighted by molar-refractivity contribution is 5.94. The molecule has 2 heterocycles. The number of ether oxygens (including phenoxy) is 1. The van der Waals surface area contributed by atoms with Gasteiger partial charge in [0.2, 0.25) is 23.6 Å². The number of nitrogens with one attached hydrogen (secondary N) is 3. The number of hydrogen-bond acceptors (Lipinski definition) is 8. The number of carbonyl (C=O) groups excluding carboxylic acids is 5. The smallest absolute Gasteiger partial charge is 0.362 e. The molecule has 12 nitrogen and oxygen atoms in total. The highest BCUT2D eigenvalue weighted by Crippen LogP contribution is 2.32. The fourth-order valence-corrected chi connectivity index (χ4v) is 5.00. The fourth-order valence-electron chi connectivity index (χ4n) is 5.00. The van der Waals surface area contributed by atoms with Gasteiger partial charge in [-0.2, -0.15) is 0 Å². The van der Waals surface area contributed by atoms with Gasteiger partial charge in [0.25, 0.3) is 5.72 Å². The summed E-state index contributed by atoms with van der Waals surface area (Å²) in [6, 6.07) is 6.54. The molecule has 0 unspecified atom stereocenters. The molecule has 3 rings (SSSR count). The first-order chi connectivity index (χ1) is 18.8. The van der Waals surface area contributed by atoms with Crippen LogP contribution in [-0.4, -0.2) is 82.1 Å². The lowest BCUT2D eigenvalue weighted by Crippen LogP contribution is -2.65. The molecule has 228 valence electrons. The summed E-state index contributed by atoms with van der Waals surface area (Å²) in [6.45, 7) is 5.52. The fraction of sp³-hybridized carbons (Fsp3) is 0.607. The molecule has 0 aromatic heterocycles. The van der Waals surface area contributed by atoms with Crippen LogP contribution in [0, 0.1) is 0 Å². The molecule has 0 radical (unpaired) electrons. The highest BCUT2D eigenvalue weighted by atomic mass is 35.5. The molecule has 6 N–H and O–H groups in total. The predicted octanol–water partition coefficient (Wildman–Crippen LogP) is 0.291. The van der Waals surface area contributed by atoms with Crippen molar-refractivity contribution in [2.24, 2.45) is 5.73 Å². The molecule has 4 amide bonds. The average Bonchev–Trinajstić information content (AvgIpc) is 3.52. The summed E-state index contributed by atoms with van der Waals surface area (Å²) in [7, 11) is 0. The van der Waals surface area contributed by atoms with Crippen LogP contribution in [0.1, 0.15) is 64.9 Å². The van der Waals surface area contributed by atoms with E-state index in [9.17, 15) is 29.1 Å². The summed E-state index contributed by atoms with van der Waals surface area (Å²) < 4.78 is 5.46. The summed E-state index contributed by atoms with van der Waals surface area (Å²) >= 11 is 0. The summed E-state index contributed by atoms with van der Waals surface area (Å²) in [5, 5.41) is 19.9. The molecule has 1 aromatic rings. The molecule has 0 bridgehead atoms. The molecule has 2 fully saturated rings. The second kappa shape index (κ2) is 14.6. The lowest BCUT2D eigenvalue weighted by molar-refractivity contribution is -0.200. The lowest BCUT2D eigenvalue weighted by Gasteiger charge is -2.37. The first kappa shape index (κ1) is 34.0. The monoisotopic (exact) mass is 595 g/mol. The number of rotatable bonds is 11. The average molecular weight is 596 g/mol. The van der Waals surface area contributed by atoms with E-state index in [4.69, 9.17) is 10.5 Å². The number of aliphatic hydroxyl groups is 1. The van der Waals surface area contributed by atoms with Crippen molar-refractivity contribution in [3.05, 3.63) is 35.9 Å². The van der Waals surface area contributed by atoms with Crippen LogP contribution >= 0.6 is 12.4 Å². The van der Waals surface area contributed by atoms with Crippen molar-refractivity contribution >= 4 is 42.0 Å². The zero-order valence-electron chi connectivity index (χ0n) is 23.8. The Morgan fingerprint density at radius 3 is 2.44 bits per heavy atom. The molecule has 0 aliphatic carbocycles. The number of aryl methyl sites for hydroxylation is 1. The minimum absolute atomic E-state index is 0. The molecule has 0 spiro atoms. The molecule has 2 aliphatic rings. The number of carbonyl (C=O) groups is 5. The Morgan fingerprint density at radius 2 is 1.85 bits per heavy atom. The summed E-state index contributed by atoms with van der Waals surface area (Å²) in [5.41, 5.74) is 2.91. The van der Waals surface area contributed by atoms with Gasteiger partial charge >= 0.3 is 5.97 Å². The number of benzene rings is 1. The summed E-state index contributed by atoms with van der Waals surface area (Å²) in [6.07, 6.45) is 2.13. The van der Waals surface area contributed by atoms with Gasteiger partial charge in [0, 0.05) is 13.0 Å². The number of halogens is 1. The van der Waals surface area contributed by atoms with E-state index in [1.54, 1.807) is 20.8 Å². The maximum absolute atomic E-state index is 13.3. The van der Waals surface area contributed by atoms with Crippen LogP contribution in [0.4, 0.5) is 0 Å². The van der Waals surface area contributed by atoms with Gasteiger partial charge < -0.3 is 36.4 Å². The third-order valence-electron chi connectivity index (χ3n) is 6.97. The van der Waals surface area contributed by atoms with E-state index >= 15 is 0 Å². The Kier molecular flexibility index (Phi) is 12.1. The van der Waals surface area contributed by atoms with Crippen LogP contribution in [0.25, 0.3) is 0 Å². The Balaban J connectivity index is 0.00000588. The van der Waals surface area contributed by atoms with Crippen molar-refractivity contribution in [1.29, 1.82) is 0 Å². The maximum atomic E-state index is 13.3. The minimum atomic E-state index is -2.49. The van der Waals surface area contributed by atoms with Crippen LogP contribution in [0.2, 0.25) is 0 Å². The van der Waals surface area contributed by atoms with E-state index in [0.29, 0.717) is 25.8 Å². The molecular weight excluding hydrogens is 554 g/mol. The Labute approximate surface area is 246 Å². The van der Waals surface area contributed by atoms with E-state index in [1.807, 2.05) is 30.3 Å². The van der Waals surface area contributed by atoms with Gasteiger partial charge in [0.15, 0.2) is 0 Å². The van der Waals surface area contributed by atoms with E-state index in [1.165, 1.54) is 0 Å². The standard InChI is InChI=1S/C28H41N5O7.ClH/c1-27(2,3)40-26(38)28(39)21(14-16-33(28)23(35)13-7-11-18-9-5-4-6-10-18)32-25(37)20(17-22(29)34)31-24(36)19-12-8-15-30-19;/h4-6,9-10,19-21,30,39H,7-8,11-17H2,1-3H3,(H2,29,34)(H,31,36)(H,32,37);1H/t19-,20-,21-,28-;/m0./s1. The number of primary amides is 1. The number of nitrogens with two attached hydrogens (primary N) is 1. The van der Waals surface area contributed by atoms with Crippen LogP contribution in [0.3, 0.4) is 0 Å². The summed E-state index contributed by atoms with van der Waals surface area (Å²) in [5.74, 6) is -3.62. The second-order valence-corrected chi connectivity index (χ2v) is 11.3. The Bertz CT molecular complexity index is 1090. The first-order valence-electron chi connectivity index (χ1n) is 13.7. The van der Waals surface area contributed by atoms with Crippen LogP contribution in [0.5, 0.6) is 0 Å². The van der Waals surface area contributed by atoms with Crippen LogP contribution in [0.15, 0.2) is 30.3 Å². The molecule has 2 saturated heterocycles. The molecule has 2 aliphatic heterocycles. The molecular formula is C28H42ClN5O7. The van der Waals surface area contributed by atoms with Gasteiger partial charge in [-0.3, -0.25) is 19.2 Å². The van der Waals surface area contributed by atoms with E-state index in [2.05, 4.69) is 16.0 Å². The van der Waals surface area contributed by atoms with Gasteiger partial charge in [-0.1, -0.05) is 30.3 Å². The van der Waals surface area contributed by atoms with Crippen molar-refractivity contribution < 1.29 is 33.8 Å². The van der Waals surface area contributed by atoms with E-state index < -0.39 is 65.5 Å². The van der Waals surface area contributed by atoms with E-state index in [-0.39, 0.29) is 31.8 Å². The van der Waals surface area contributed by atoms with Crippen molar-refractivity contribution in [3.8, 4) is 0 Å². The lowest BCUT2D eigenvalue weighted by atomic mass is 10.0. The SMILES string of the molecule is CC(C)(C)OC(=O)[C@@]1(O)[C@@H](NC(=O)[C@H](CC(N)=O)NC(=O)[C@@H]2CCCN2)CCN1C(=O)CCCc1ccccc1.Cl. The Morgan fingerprint density at radius 1 is 1.17 bits per heavy atom. The molecule has 13 heteroatoms. The van der Waals surface area contributed by atoms with Crippen molar-refractivity contribution in [2.45, 2.75) is 95.2 Å². The van der Waals surface area contributed by atoms with Crippen molar-refractivity contribution in [1.82, 2.24) is 20.9 Å². The zero-order chi connectivity index (χ0) is 29.5. The van der Waals surface area contributed by atoms with Gasteiger partial charge in [-0.15, -0.1) is 12.4 Å². The Hall–Kier alpha value is -3.22. The second-order valence-electron chi connectivity index (χ2n) is 11.3. The van der Waals surface area contributed by atoms with Gasteiger partial charge in [0.05, 0.1) is 18.5 Å². The third-order valence-corrected chi connectivity index (χ3v) is 6.97. The maximum Gasteiger partial charge on any atom is 0.362 e. The van der Waals surface area contributed by atoms with Crippen LogP contribution < -0.4 is 21.7 Å². The normalized spacial score (nSPS) is 22.8. The number of nitrogens with zero attached hydrogens (tertiary/aromatic N) is 1. The molecule has 4 atom stereocenters. The predicted molar refractivity (Wildman–Crippen MR) is 152 cm³/mol. The van der Waals surface area contributed by atoms with Crippen molar-refractivity contribution in [2.75, 3.05) is 13.1 Å². The molecule has 41 heavy (non-hydrogen) atoms.